The molecule has 0 N–H and O–H groups in total. The van der Waals surface area contributed by atoms with E-state index in [4.69, 9.17) is 4.74 Å². The van der Waals surface area contributed by atoms with Crippen molar-refractivity contribution < 1.29 is 23.5 Å². The Balaban J connectivity index is 1.78. The van der Waals surface area contributed by atoms with Crippen molar-refractivity contribution in [1.29, 1.82) is 0 Å². The summed E-state index contributed by atoms with van der Waals surface area (Å²) < 4.78 is 19.5. The summed E-state index contributed by atoms with van der Waals surface area (Å²) in [5, 5.41) is 0. The summed E-state index contributed by atoms with van der Waals surface area (Å²) in [6.07, 6.45) is -0.913. The maximum Gasteiger partial charge on any atom is 0.416 e. The van der Waals surface area contributed by atoms with Crippen molar-refractivity contribution in [3.05, 3.63) is 24.0 Å². The molecular weight excluding hydrogens is 317 g/mol. The number of carbonyl (C=O) groups excluding carboxylic acids is 3. The maximum atomic E-state index is 14.4. The Bertz CT molecular complexity index is 709. The van der Waals surface area contributed by atoms with Gasteiger partial charge in [0.15, 0.2) is 12.0 Å². The minimum atomic E-state index is -0.700. The Hall–Kier alpha value is -2.64. The fourth-order valence-electron chi connectivity index (χ4n) is 2.82. The minimum Gasteiger partial charge on any atom is -0.423 e. The van der Waals surface area contributed by atoms with Gasteiger partial charge in [-0.05, 0) is 18.2 Å². The number of benzene rings is 1. The van der Waals surface area contributed by atoms with Crippen LogP contribution >= 0.6 is 0 Å². The molecule has 0 aromatic heterocycles. The summed E-state index contributed by atoms with van der Waals surface area (Å²) in [5.41, 5.74) is 0.695. The number of carbonyl (C=O) groups is 3. The molecule has 0 spiro atoms. The number of anilines is 2. The molecule has 3 rings (SSSR count). The third-order valence-electron chi connectivity index (χ3n) is 4.34. The first-order chi connectivity index (χ1) is 11.4. The van der Waals surface area contributed by atoms with E-state index in [0.717, 1.165) is 0 Å². The topological polar surface area (TPSA) is 70.2 Å². The van der Waals surface area contributed by atoms with E-state index in [9.17, 15) is 18.8 Å². The van der Waals surface area contributed by atoms with Crippen LogP contribution in [0.25, 0.3) is 0 Å². The lowest BCUT2D eigenvalue weighted by Crippen LogP contribution is -2.38. The number of amides is 2. The van der Waals surface area contributed by atoms with Crippen LogP contribution in [0.4, 0.5) is 20.6 Å². The summed E-state index contributed by atoms with van der Waals surface area (Å²) in [6, 6.07) is 4.41. The van der Waals surface area contributed by atoms with Gasteiger partial charge in [0.1, 0.15) is 5.82 Å². The molecule has 2 aliphatic rings. The fourth-order valence-corrected chi connectivity index (χ4v) is 2.82. The fraction of sp³-hybridized carbons (Fsp3) is 0.438. The number of hydrogen-bond donors (Lipinski definition) is 0. The van der Waals surface area contributed by atoms with Crippen molar-refractivity contribution in [1.82, 2.24) is 4.90 Å². The third kappa shape index (κ3) is 2.91. The number of Topliss-reactive ketones (excluding diaryl/α,β-unsaturated/α-hetero) is 1. The Morgan fingerprint density at radius 2 is 2.12 bits per heavy atom. The second-order valence-electron chi connectivity index (χ2n) is 5.92. The van der Waals surface area contributed by atoms with Crippen molar-refractivity contribution in [3.63, 3.8) is 0 Å². The first-order valence-electron chi connectivity index (χ1n) is 7.64. The highest BCUT2D eigenvalue weighted by Crippen LogP contribution is 2.29. The largest absolute Gasteiger partial charge is 0.423 e. The summed E-state index contributed by atoms with van der Waals surface area (Å²) in [6.45, 7) is 2.21. The van der Waals surface area contributed by atoms with Crippen LogP contribution in [-0.2, 0) is 14.3 Å². The Morgan fingerprint density at radius 3 is 2.71 bits per heavy atom. The van der Waals surface area contributed by atoms with Gasteiger partial charge in [0, 0.05) is 26.9 Å². The van der Waals surface area contributed by atoms with Crippen LogP contribution in [0.1, 0.15) is 13.3 Å². The van der Waals surface area contributed by atoms with E-state index in [1.165, 1.54) is 29.8 Å². The molecule has 1 atom stereocenters. The SMILES string of the molecule is CC(=O)N(C)C1CN(c2ccc(N3CCC(=O)C3)c(F)c2)C(=O)O1. The zero-order valence-electron chi connectivity index (χ0n) is 13.5. The lowest BCUT2D eigenvalue weighted by Gasteiger charge is -2.21. The predicted molar refractivity (Wildman–Crippen MR) is 84.3 cm³/mol. The zero-order chi connectivity index (χ0) is 17.4. The van der Waals surface area contributed by atoms with Crippen LogP contribution in [0, 0.1) is 5.82 Å². The van der Waals surface area contributed by atoms with E-state index >= 15 is 0 Å². The van der Waals surface area contributed by atoms with Crippen LogP contribution in [0.3, 0.4) is 0 Å². The van der Waals surface area contributed by atoms with Gasteiger partial charge in [0.2, 0.25) is 5.91 Å². The van der Waals surface area contributed by atoms with Crippen LogP contribution in [0.2, 0.25) is 0 Å². The smallest absolute Gasteiger partial charge is 0.416 e. The average molecular weight is 335 g/mol. The highest BCUT2D eigenvalue weighted by atomic mass is 19.1. The molecule has 128 valence electrons. The number of rotatable bonds is 3. The quantitative estimate of drug-likeness (QED) is 0.834. The number of nitrogens with zero attached hydrogens (tertiary/aromatic N) is 3. The van der Waals surface area contributed by atoms with Gasteiger partial charge in [-0.25, -0.2) is 9.18 Å². The van der Waals surface area contributed by atoms with Crippen LogP contribution < -0.4 is 9.80 Å². The first kappa shape index (κ1) is 16.2. The highest BCUT2D eigenvalue weighted by Gasteiger charge is 2.36. The van der Waals surface area contributed by atoms with Crippen molar-refractivity contribution in [3.8, 4) is 0 Å². The second-order valence-corrected chi connectivity index (χ2v) is 5.92. The van der Waals surface area contributed by atoms with Gasteiger partial charge in [-0.2, -0.15) is 0 Å². The van der Waals surface area contributed by atoms with Crippen LogP contribution in [-0.4, -0.2) is 55.6 Å². The number of hydrogen-bond acceptors (Lipinski definition) is 5. The van der Waals surface area contributed by atoms with Crippen molar-refractivity contribution >= 4 is 29.2 Å². The van der Waals surface area contributed by atoms with E-state index in [2.05, 4.69) is 0 Å². The molecule has 8 heteroatoms. The van der Waals surface area contributed by atoms with Gasteiger partial charge in [-0.1, -0.05) is 0 Å². The predicted octanol–water partition coefficient (Wildman–Crippen LogP) is 1.37. The Labute approximate surface area is 138 Å². The maximum absolute atomic E-state index is 14.4. The molecule has 2 aliphatic heterocycles. The molecule has 24 heavy (non-hydrogen) atoms. The molecule has 1 unspecified atom stereocenters. The van der Waals surface area contributed by atoms with E-state index in [1.54, 1.807) is 17.0 Å². The van der Waals surface area contributed by atoms with E-state index in [1.807, 2.05) is 0 Å². The molecule has 0 radical (unpaired) electrons. The highest BCUT2D eigenvalue weighted by molar-refractivity contribution is 5.91. The van der Waals surface area contributed by atoms with Gasteiger partial charge < -0.3 is 14.5 Å². The van der Waals surface area contributed by atoms with E-state index in [0.29, 0.717) is 24.3 Å². The number of likely N-dealkylation sites (N-methyl/N-ethyl adjacent to an activating group) is 1. The number of ketones is 1. The lowest BCUT2D eigenvalue weighted by molar-refractivity contribution is -0.134. The monoisotopic (exact) mass is 335 g/mol. The standard InChI is InChI=1S/C16H18FN3O4/c1-10(21)18(2)15-9-20(16(23)24-15)11-3-4-14(13(17)7-11)19-6-5-12(22)8-19/h3-4,7,15H,5-6,8-9H2,1-2H3. The molecule has 0 saturated carbocycles. The Kier molecular flexibility index (Phi) is 4.13. The van der Waals surface area contributed by atoms with E-state index < -0.39 is 18.1 Å². The zero-order valence-corrected chi connectivity index (χ0v) is 13.5. The third-order valence-corrected chi connectivity index (χ3v) is 4.34. The molecule has 7 nitrogen and oxygen atoms in total. The summed E-state index contributed by atoms with van der Waals surface area (Å²) in [7, 11) is 1.54. The summed E-state index contributed by atoms with van der Waals surface area (Å²) >= 11 is 0. The van der Waals surface area contributed by atoms with Crippen molar-refractivity contribution in [2.45, 2.75) is 19.6 Å². The molecule has 2 fully saturated rings. The van der Waals surface area contributed by atoms with E-state index in [-0.39, 0.29) is 24.8 Å². The molecule has 1 aromatic carbocycles. The van der Waals surface area contributed by atoms with Crippen molar-refractivity contribution in [2.75, 3.05) is 36.5 Å². The molecule has 1 aromatic rings. The number of cyclic esters (lactones) is 1. The summed E-state index contributed by atoms with van der Waals surface area (Å²) in [4.78, 5) is 39.0. The van der Waals surface area contributed by atoms with Crippen LogP contribution in [0.5, 0.6) is 0 Å². The first-order valence-corrected chi connectivity index (χ1v) is 7.64. The molecule has 2 heterocycles. The molecule has 2 saturated heterocycles. The van der Waals surface area contributed by atoms with Gasteiger partial charge in [0.25, 0.3) is 0 Å². The normalized spacial score (nSPS) is 20.5. The molecule has 2 amide bonds. The molecular formula is C16H18FN3O4. The second kappa shape index (κ2) is 6.10. The van der Waals surface area contributed by atoms with Gasteiger partial charge in [-0.3, -0.25) is 14.5 Å². The van der Waals surface area contributed by atoms with Crippen LogP contribution in [0.15, 0.2) is 18.2 Å². The lowest BCUT2D eigenvalue weighted by atomic mass is 10.2. The molecule has 0 bridgehead atoms. The minimum absolute atomic E-state index is 0.0803. The van der Waals surface area contributed by atoms with Gasteiger partial charge in [-0.15, -0.1) is 0 Å². The average Bonchev–Trinajstić information content (AvgIpc) is 3.12. The Morgan fingerprint density at radius 1 is 1.38 bits per heavy atom. The number of ether oxygens (including phenoxy) is 1. The van der Waals surface area contributed by atoms with Gasteiger partial charge >= 0.3 is 6.09 Å². The van der Waals surface area contributed by atoms with Gasteiger partial charge in [0.05, 0.1) is 24.5 Å². The molecule has 0 aliphatic carbocycles. The number of halogens is 1. The van der Waals surface area contributed by atoms with Crippen molar-refractivity contribution in [2.24, 2.45) is 0 Å². The summed E-state index contributed by atoms with van der Waals surface area (Å²) in [5.74, 6) is -0.648.